The monoisotopic (exact) mass is 550 g/mol. The predicted molar refractivity (Wildman–Crippen MR) is 167 cm³/mol. The molecule has 0 unspecified atom stereocenters. The Hall–Kier alpha value is -1.32. The number of unbranched alkanes of at least 4 members (excludes halogenated alkanes) is 18. The van der Waals surface area contributed by atoms with E-state index in [9.17, 15) is 9.59 Å². The molecule has 0 amide bonds. The molecule has 39 heavy (non-hydrogen) atoms. The summed E-state index contributed by atoms with van der Waals surface area (Å²) >= 11 is 0. The maximum absolute atomic E-state index is 12.5. The fraction of sp³-hybridized carbons (Fsp3) is 0.886. The minimum Gasteiger partial charge on any atom is -0.462 e. The molecule has 0 aromatic carbocycles. The van der Waals surface area contributed by atoms with Gasteiger partial charge in [-0.1, -0.05) is 136 Å². The van der Waals surface area contributed by atoms with Crippen LogP contribution < -0.4 is 0 Å². The van der Waals surface area contributed by atoms with Crippen LogP contribution in [-0.4, -0.2) is 24.6 Å². The van der Waals surface area contributed by atoms with Crippen LogP contribution in [0.1, 0.15) is 188 Å². The average Bonchev–Trinajstić information content (AvgIpc) is 2.93. The van der Waals surface area contributed by atoms with Crippen LogP contribution in [0, 0.1) is 0 Å². The van der Waals surface area contributed by atoms with Crippen molar-refractivity contribution >= 4 is 11.9 Å². The smallest absolute Gasteiger partial charge is 0.306 e. The molecule has 0 aromatic heterocycles. The fourth-order valence-corrected chi connectivity index (χ4v) is 4.97. The molecule has 4 nitrogen and oxygen atoms in total. The maximum Gasteiger partial charge on any atom is 0.306 e. The van der Waals surface area contributed by atoms with Crippen LogP contribution in [0.15, 0.2) is 12.2 Å². The van der Waals surface area contributed by atoms with Gasteiger partial charge >= 0.3 is 11.9 Å². The molecule has 0 aromatic rings. The quantitative estimate of drug-likeness (QED) is 0.0507. The molecule has 0 radical (unpaired) electrons. The SMILES string of the molecule is CCCCCC/C=C\COC(=O)CCCCCCCCCC(=O)OC(CCCCCCC)CCCCCCC. The lowest BCUT2D eigenvalue weighted by Gasteiger charge is -2.18. The lowest BCUT2D eigenvalue weighted by molar-refractivity contribution is -0.150. The Balaban J connectivity index is 3.77. The number of hydrogen-bond donors (Lipinski definition) is 0. The van der Waals surface area contributed by atoms with Gasteiger partial charge in [0, 0.05) is 12.8 Å². The number of esters is 2. The zero-order chi connectivity index (χ0) is 28.7. The zero-order valence-electron chi connectivity index (χ0n) is 26.5. The van der Waals surface area contributed by atoms with Gasteiger partial charge in [-0.2, -0.15) is 0 Å². The van der Waals surface area contributed by atoms with E-state index >= 15 is 0 Å². The van der Waals surface area contributed by atoms with Crippen molar-refractivity contribution in [2.75, 3.05) is 6.61 Å². The van der Waals surface area contributed by atoms with Gasteiger partial charge in [-0.25, -0.2) is 0 Å². The van der Waals surface area contributed by atoms with Gasteiger partial charge in [0.1, 0.15) is 12.7 Å². The van der Waals surface area contributed by atoms with Crippen molar-refractivity contribution in [1.29, 1.82) is 0 Å². The van der Waals surface area contributed by atoms with Crippen LogP contribution in [-0.2, 0) is 19.1 Å². The van der Waals surface area contributed by atoms with E-state index in [1.165, 1.54) is 96.3 Å². The third-order valence-electron chi connectivity index (χ3n) is 7.55. The largest absolute Gasteiger partial charge is 0.462 e. The molecule has 4 heteroatoms. The van der Waals surface area contributed by atoms with Crippen LogP contribution in [0.4, 0.5) is 0 Å². The van der Waals surface area contributed by atoms with Crippen LogP contribution in [0.25, 0.3) is 0 Å². The highest BCUT2D eigenvalue weighted by Gasteiger charge is 2.14. The number of carbonyl (C=O) groups excluding carboxylic acids is 2. The average molecular weight is 551 g/mol. The van der Waals surface area contributed by atoms with Crippen LogP contribution in [0.5, 0.6) is 0 Å². The molecule has 0 fully saturated rings. The number of ether oxygens (including phenoxy) is 2. The Morgan fingerprint density at radius 2 is 0.949 bits per heavy atom. The van der Waals surface area contributed by atoms with E-state index < -0.39 is 0 Å². The number of rotatable bonds is 30. The summed E-state index contributed by atoms with van der Waals surface area (Å²) in [5, 5.41) is 0. The lowest BCUT2D eigenvalue weighted by Crippen LogP contribution is -2.18. The summed E-state index contributed by atoms with van der Waals surface area (Å²) in [6.45, 7) is 7.12. The normalized spacial score (nSPS) is 11.5. The van der Waals surface area contributed by atoms with Gasteiger partial charge in [0.05, 0.1) is 0 Å². The molecule has 0 heterocycles. The van der Waals surface area contributed by atoms with Gasteiger partial charge < -0.3 is 9.47 Å². The van der Waals surface area contributed by atoms with Crippen molar-refractivity contribution in [2.45, 2.75) is 194 Å². The highest BCUT2D eigenvalue weighted by atomic mass is 16.5. The summed E-state index contributed by atoms with van der Waals surface area (Å²) < 4.78 is 11.2. The zero-order valence-corrected chi connectivity index (χ0v) is 26.5. The number of hydrogen-bond acceptors (Lipinski definition) is 4. The molecule has 0 N–H and O–H groups in total. The van der Waals surface area contributed by atoms with Crippen molar-refractivity contribution in [3.8, 4) is 0 Å². The first-order valence-corrected chi connectivity index (χ1v) is 17.1. The molecule has 0 rings (SSSR count). The van der Waals surface area contributed by atoms with E-state index in [4.69, 9.17) is 9.47 Å². The van der Waals surface area contributed by atoms with Crippen molar-refractivity contribution < 1.29 is 19.1 Å². The van der Waals surface area contributed by atoms with E-state index in [1.807, 2.05) is 6.08 Å². The summed E-state index contributed by atoms with van der Waals surface area (Å²) in [7, 11) is 0. The van der Waals surface area contributed by atoms with Gasteiger partial charge in [0.2, 0.25) is 0 Å². The second kappa shape index (κ2) is 31.2. The van der Waals surface area contributed by atoms with E-state index in [1.54, 1.807) is 0 Å². The molecule has 0 spiro atoms. The molecular formula is C35H66O4. The summed E-state index contributed by atoms with van der Waals surface area (Å²) in [6, 6.07) is 0. The molecule has 0 aliphatic carbocycles. The number of allylic oxidation sites excluding steroid dienone is 1. The van der Waals surface area contributed by atoms with Gasteiger partial charge in [-0.3, -0.25) is 9.59 Å². The highest BCUT2D eigenvalue weighted by Crippen LogP contribution is 2.18. The Morgan fingerprint density at radius 3 is 1.49 bits per heavy atom. The van der Waals surface area contributed by atoms with Crippen molar-refractivity contribution in [2.24, 2.45) is 0 Å². The van der Waals surface area contributed by atoms with E-state index in [0.717, 1.165) is 57.8 Å². The number of carbonyl (C=O) groups is 2. The first-order valence-electron chi connectivity index (χ1n) is 17.1. The summed E-state index contributed by atoms with van der Waals surface area (Å²) in [5.41, 5.74) is 0. The van der Waals surface area contributed by atoms with Crippen LogP contribution in [0.2, 0.25) is 0 Å². The topological polar surface area (TPSA) is 52.6 Å². The molecule has 0 aliphatic rings. The Labute approximate surface area is 243 Å². The first-order chi connectivity index (χ1) is 19.1. The first kappa shape index (κ1) is 37.7. The van der Waals surface area contributed by atoms with Gasteiger partial charge in [-0.05, 0) is 51.4 Å². The lowest BCUT2D eigenvalue weighted by atomic mass is 10.0. The van der Waals surface area contributed by atoms with Crippen molar-refractivity contribution in [3.63, 3.8) is 0 Å². The standard InChI is InChI=1S/C35H66O4/c1-4-7-10-13-17-22-27-32-38-34(36)30-25-20-15-14-16-21-26-31-35(37)39-33(28-23-18-11-8-5-2)29-24-19-12-9-6-3/h22,27,33H,4-21,23-26,28-32H2,1-3H3/b27-22-. The van der Waals surface area contributed by atoms with Gasteiger partial charge in [0.25, 0.3) is 0 Å². The highest BCUT2D eigenvalue weighted by molar-refractivity contribution is 5.69. The molecule has 230 valence electrons. The predicted octanol–water partition coefficient (Wildman–Crippen LogP) is 11.2. The molecule has 0 bridgehead atoms. The van der Waals surface area contributed by atoms with E-state index in [2.05, 4.69) is 26.8 Å². The molecule has 0 saturated carbocycles. The van der Waals surface area contributed by atoms with Gasteiger partial charge in [-0.15, -0.1) is 0 Å². The second-order valence-electron chi connectivity index (χ2n) is 11.5. The third-order valence-corrected chi connectivity index (χ3v) is 7.55. The summed E-state index contributed by atoms with van der Waals surface area (Å²) in [5.74, 6) is -0.0728. The Bertz CT molecular complexity index is 543. The van der Waals surface area contributed by atoms with E-state index in [0.29, 0.717) is 19.4 Å². The van der Waals surface area contributed by atoms with Crippen molar-refractivity contribution in [3.05, 3.63) is 12.2 Å². The minimum absolute atomic E-state index is 0.00645. The second-order valence-corrected chi connectivity index (χ2v) is 11.5. The summed E-state index contributed by atoms with van der Waals surface area (Å²) in [4.78, 5) is 24.3. The molecule has 0 aliphatic heterocycles. The van der Waals surface area contributed by atoms with Crippen LogP contribution in [0.3, 0.4) is 0 Å². The van der Waals surface area contributed by atoms with Crippen molar-refractivity contribution in [1.82, 2.24) is 0 Å². The Morgan fingerprint density at radius 1 is 0.513 bits per heavy atom. The fourth-order valence-electron chi connectivity index (χ4n) is 4.97. The molecule has 0 saturated heterocycles. The maximum atomic E-state index is 12.5. The van der Waals surface area contributed by atoms with Gasteiger partial charge in [0.15, 0.2) is 0 Å². The van der Waals surface area contributed by atoms with Crippen LogP contribution >= 0.6 is 0 Å². The Kier molecular flexibility index (Phi) is 30.2. The molecule has 0 atom stereocenters. The third kappa shape index (κ3) is 29.5. The minimum atomic E-state index is -0.0793. The van der Waals surface area contributed by atoms with E-state index in [-0.39, 0.29) is 18.0 Å². The molecular weight excluding hydrogens is 484 g/mol. The summed E-state index contributed by atoms with van der Waals surface area (Å²) in [6.07, 6.45) is 33.6.